The monoisotopic (exact) mass is 282 g/mol. The Kier molecular flexibility index (Phi) is 3.41. The molecule has 1 aliphatic rings. The van der Waals surface area contributed by atoms with Crippen LogP contribution in [0.2, 0.25) is 0 Å². The molecule has 0 aliphatic carbocycles. The number of hydrogen-bond acceptors (Lipinski definition) is 5. The van der Waals surface area contributed by atoms with E-state index < -0.39 is 22.3 Å². The molecule has 1 aromatic rings. The van der Waals surface area contributed by atoms with Crippen LogP contribution in [0.1, 0.15) is 26.7 Å². The molecule has 1 atom stereocenters. The number of aliphatic carboxylic acids is 1. The molecule has 110 valence electrons. The number of hydrogen-bond donors (Lipinski definition) is 1. The Morgan fingerprint density at radius 2 is 2.25 bits per heavy atom. The Hall–Kier alpha value is -2.12. The fourth-order valence-electron chi connectivity index (χ4n) is 2.96. The van der Waals surface area contributed by atoms with Gasteiger partial charge in [-0.05, 0) is 28.2 Å². The summed E-state index contributed by atoms with van der Waals surface area (Å²) in [7, 11) is 1.63. The SMILES string of the molecule is Cn1cnc([N+](=O)[O-])c1N1CCCC(C)(C)C1C(=O)O. The third-order valence-corrected chi connectivity index (χ3v) is 3.84. The molecule has 1 fully saturated rings. The van der Waals surface area contributed by atoms with E-state index in [0.29, 0.717) is 6.54 Å². The Morgan fingerprint density at radius 1 is 1.60 bits per heavy atom. The van der Waals surface area contributed by atoms with Crippen molar-refractivity contribution in [2.75, 3.05) is 11.4 Å². The lowest BCUT2D eigenvalue weighted by Gasteiger charge is -2.44. The molecule has 2 heterocycles. The van der Waals surface area contributed by atoms with Crippen LogP contribution >= 0.6 is 0 Å². The van der Waals surface area contributed by atoms with E-state index in [4.69, 9.17) is 0 Å². The standard InChI is InChI=1S/C12H18N4O4/c1-12(2)5-4-6-15(8(12)11(17)18)10-9(16(19)20)13-7-14(10)3/h7-8H,4-6H2,1-3H3,(H,17,18). The largest absolute Gasteiger partial charge is 0.480 e. The summed E-state index contributed by atoms with van der Waals surface area (Å²) < 4.78 is 1.51. The molecule has 1 aromatic heterocycles. The van der Waals surface area contributed by atoms with Gasteiger partial charge in [0.15, 0.2) is 0 Å². The fourth-order valence-corrected chi connectivity index (χ4v) is 2.96. The lowest BCUT2D eigenvalue weighted by Crippen LogP contribution is -2.55. The summed E-state index contributed by atoms with van der Waals surface area (Å²) in [4.78, 5) is 27.5. The van der Waals surface area contributed by atoms with E-state index in [9.17, 15) is 20.0 Å². The maximum absolute atomic E-state index is 11.6. The molecule has 8 nitrogen and oxygen atoms in total. The van der Waals surface area contributed by atoms with Gasteiger partial charge in [-0.15, -0.1) is 0 Å². The van der Waals surface area contributed by atoms with Crippen molar-refractivity contribution in [3.8, 4) is 0 Å². The summed E-state index contributed by atoms with van der Waals surface area (Å²) in [5, 5.41) is 20.6. The van der Waals surface area contributed by atoms with Crippen LogP contribution in [-0.4, -0.2) is 38.1 Å². The van der Waals surface area contributed by atoms with Crippen LogP contribution in [-0.2, 0) is 11.8 Å². The summed E-state index contributed by atoms with van der Waals surface area (Å²) in [5.41, 5.74) is -0.456. The highest BCUT2D eigenvalue weighted by molar-refractivity contribution is 5.80. The zero-order valence-electron chi connectivity index (χ0n) is 11.7. The van der Waals surface area contributed by atoms with E-state index in [2.05, 4.69) is 4.98 Å². The lowest BCUT2D eigenvalue weighted by atomic mass is 9.76. The molecule has 0 bridgehead atoms. The number of aromatic nitrogens is 2. The van der Waals surface area contributed by atoms with Crippen molar-refractivity contribution in [2.24, 2.45) is 12.5 Å². The Morgan fingerprint density at radius 3 is 2.80 bits per heavy atom. The maximum atomic E-state index is 11.6. The van der Waals surface area contributed by atoms with Crippen LogP contribution in [0.4, 0.5) is 11.6 Å². The van der Waals surface area contributed by atoms with E-state index in [-0.39, 0.29) is 11.6 Å². The van der Waals surface area contributed by atoms with Crippen molar-refractivity contribution in [3.05, 3.63) is 16.4 Å². The van der Waals surface area contributed by atoms with E-state index in [1.807, 2.05) is 13.8 Å². The van der Waals surface area contributed by atoms with Crippen LogP contribution in [0.3, 0.4) is 0 Å². The van der Waals surface area contributed by atoms with Gasteiger partial charge in [0, 0.05) is 13.6 Å². The first-order valence-corrected chi connectivity index (χ1v) is 6.41. The number of carboxylic acids is 1. The van der Waals surface area contributed by atoms with Gasteiger partial charge in [-0.3, -0.25) is 4.57 Å². The quantitative estimate of drug-likeness (QED) is 0.664. The van der Waals surface area contributed by atoms with E-state index in [1.165, 1.54) is 10.9 Å². The first-order chi connectivity index (χ1) is 9.25. The minimum atomic E-state index is -0.967. The molecule has 20 heavy (non-hydrogen) atoms. The average molecular weight is 282 g/mol. The second kappa shape index (κ2) is 4.77. The normalized spacial score (nSPS) is 21.8. The van der Waals surface area contributed by atoms with Crippen molar-refractivity contribution in [1.82, 2.24) is 9.55 Å². The van der Waals surface area contributed by atoms with E-state index in [1.54, 1.807) is 11.9 Å². The predicted molar refractivity (Wildman–Crippen MR) is 71.6 cm³/mol. The van der Waals surface area contributed by atoms with Gasteiger partial charge < -0.3 is 20.1 Å². The molecular formula is C12H18N4O4. The number of imidazole rings is 1. The van der Waals surface area contributed by atoms with Crippen LogP contribution in [0.25, 0.3) is 0 Å². The van der Waals surface area contributed by atoms with Gasteiger partial charge in [-0.1, -0.05) is 13.8 Å². The molecule has 1 N–H and O–H groups in total. The fraction of sp³-hybridized carbons (Fsp3) is 0.667. The number of nitrogens with zero attached hydrogens (tertiary/aromatic N) is 4. The van der Waals surface area contributed by atoms with Crippen molar-refractivity contribution < 1.29 is 14.8 Å². The zero-order valence-corrected chi connectivity index (χ0v) is 11.7. The number of anilines is 1. The summed E-state index contributed by atoms with van der Waals surface area (Å²) in [6.45, 7) is 4.22. The molecule has 1 saturated heterocycles. The molecule has 0 saturated carbocycles. The highest BCUT2D eigenvalue weighted by Gasteiger charge is 2.45. The lowest BCUT2D eigenvalue weighted by molar-refractivity contribution is -0.388. The van der Waals surface area contributed by atoms with Crippen LogP contribution in [0.5, 0.6) is 0 Å². The van der Waals surface area contributed by atoms with Gasteiger partial charge in [0.25, 0.3) is 0 Å². The number of aryl methyl sites for hydroxylation is 1. The smallest absolute Gasteiger partial charge is 0.406 e. The second-order valence-corrected chi connectivity index (χ2v) is 5.79. The van der Waals surface area contributed by atoms with Crippen molar-refractivity contribution in [1.29, 1.82) is 0 Å². The van der Waals surface area contributed by atoms with Crippen LogP contribution in [0.15, 0.2) is 6.33 Å². The summed E-state index contributed by atoms with van der Waals surface area (Å²) in [6, 6.07) is -0.801. The molecule has 0 amide bonds. The molecule has 1 unspecified atom stereocenters. The molecular weight excluding hydrogens is 264 g/mol. The maximum Gasteiger partial charge on any atom is 0.406 e. The average Bonchev–Trinajstić information content (AvgIpc) is 2.68. The van der Waals surface area contributed by atoms with Crippen LogP contribution in [0, 0.1) is 15.5 Å². The number of carbonyl (C=O) groups is 1. The van der Waals surface area contributed by atoms with Gasteiger partial charge >= 0.3 is 11.8 Å². The Bertz CT molecular complexity index is 552. The molecule has 1 aliphatic heterocycles. The molecule has 2 rings (SSSR count). The molecule has 8 heteroatoms. The molecule has 0 spiro atoms. The summed E-state index contributed by atoms with van der Waals surface area (Å²) >= 11 is 0. The summed E-state index contributed by atoms with van der Waals surface area (Å²) in [5.74, 6) is -1.00. The number of piperidine rings is 1. The van der Waals surface area contributed by atoms with Crippen molar-refractivity contribution in [3.63, 3.8) is 0 Å². The zero-order chi connectivity index (χ0) is 15.1. The van der Waals surface area contributed by atoms with Gasteiger partial charge in [0.1, 0.15) is 6.04 Å². The number of nitro groups is 1. The second-order valence-electron chi connectivity index (χ2n) is 5.79. The highest BCUT2D eigenvalue weighted by Crippen LogP contribution is 2.40. The van der Waals surface area contributed by atoms with Crippen LogP contribution < -0.4 is 4.90 Å². The number of carboxylic acid groups (broad SMARTS) is 1. The number of rotatable bonds is 3. The van der Waals surface area contributed by atoms with Crippen molar-refractivity contribution >= 4 is 17.6 Å². The third kappa shape index (κ3) is 2.21. The molecule has 0 radical (unpaired) electrons. The van der Waals surface area contributed by atoms with Gasteiger partial charge in [0.05, 0.1) is 0 Å². The minimum Gasteiger partial charge on any atom is -0.480 e. The first-order valence-electron chi connectivity index (χ1n) is 6.41. The first kappa shape index (κ1) is 14.3. The Balaban J connectivity index is 2.52. The highest BCUT2D eigenvalue weighted by atomic mass is 16.6. The topological polar surface area (TPSA) is 101 Å². The van der Waals surface area contributed by atoms with Gasteiger partial charge in [-0.25, -0.2) is 4.79 Å². The predicted octanol–water partition coefficient (Wildman–Crippen LogP) is 1.41. The van der Waals surface area contributed by atoms with E-state index in [0.717, 1.165) is 12.8 Å². The Labute approximate surface area is 116 Å². The minimum absolute atomic E-state index is 0.259. The summed E-state index contributed by atoms with van der Waals surface area (Å²) in [6.07, 6.45) is 2.90. The van der Waals surface area contributed by atoms with E-state index >= 15 is 0 Å². The van der Waals surface area contributed by atoms with Gasteiger partial charge in [-0.2, -0.15) is 0 Å². The molecule has 0 aromatic carbocycles. The van der Waals surface area contributed by atoms with Gasteiger partial charge in [0.2, 0.25) is 12.1 Å². The third-order valence-electron chi connectivity index (χ3n) is 3.84. The van der Waals surface area contributed by atoms with Crippen molar-refractivity contribution in [2.45, 2.75) is 32.7 Å².